The summed E-state index contributed by atoms with van der Waals surface area (Å²) in [5.74, 6) is 1.82. The molecule has 0 aliphatic heterocycles. The first kappa shape index (κ1) is 15.6. The molecule has 2 rings (SSSR count). The van der Waals surface area contributed by atoms with Crippen molar-refractivity contribution in [3.63, 3.8) is 0 Å². The fraction of sp³-hybridized carbons (Fsp3) is 0.357. The first-order valence-corrected chi connectivity index (χ1v) is 8.39. The molecule has 0 fully saturated rings. The highest BCUT2D eigenvalue weighted by atomic mass is 79.9. The van der Waals surface area contributed by atoms with E-state index in [-0.39, 0.29) is 0 Å². The largest absolute Gasteiger partial charge is 0.490 e. The van der Waals surface area contributed by atoms with Gasteiger partial charge in [0.1, 0.15) is 11.6 Å². The Morgan fingerprint density at radius 2 is 2.15 bits per heavy atom. The van der Waals surface area contributed by atoms with Crippen LogP contribution in [-0.4, -0.2) is 11.6 Å². The topological polar surface area (TPSA) is 31.4 Å². The van der Waals surface area contributed by atoms with Crippen LogP contribution in [0.5, 0.6) is 11.5 Å². The third kappa shape index (κ3) is 3.87. The highest BCUT2D eigenvalue weighted by Gasteiger charge is 2.13. The van der Waals surface area contributed by atoms with Crippen LogP contribution in [0, 0.1) is 6.92 Å². The van der Waals surface area contributed by atoms with Gasteiger partial charge in [0.05, 0.1) is 11.1 Å². The minimum atomic E-state index is 0.428. The average Bonchev–Trinajstić information content (AvgIpc) is 2.83. The molecule has 6 heteroatoms. The molecule has 0 saturated carbocycles. The molecule has 0 spiro atoms. The molecule has 3 nitrogen and oxygen atoms in total. The first-order chi connectivity index (χ1) is 9.63. The van der Waals surface area contributed by atoms with Crippen LogP contribution in [-0.2, 0) is 12.5 Å². The molecule has 1 heterocycles. The van der Waals surface area contributed by atoms with Crippen molar-refractivity contribution >= 4 is 38.9 Å². The molecule has 0 N–H and O–H groups in total. The van der Waals surface area contributed by atoms with Gasteiger partial charge in [-0.2, -0.15) is 0 Å². The molecule has 108 valence electrons. The molecule has 1 aromatic heterocycles. The van der Waals surface area contributed by atoms with Crippen LogP contribution in [0.4, 0.5) is 0 Å². The maximum Gasteiger partial charge on any atom is 0.175 e. The number of aromatic nitrogens is 1. The van der Waals surface area contributed by atoms with E-state index in [1.165, 1.54) is 0 Å². The van der Waals surface area contributed by atoms with Gasteiger partial charge in [-0.15, -0.1) is 22.9 Å². The number of hydrogen-bond donors (Lipinski definition) is 0. The number of rotatable bonds is 6. The van der Waals surface area contributed by atoms with E-state index in [1.54, 1.807) is 11.3 Å². The summed E-state index contributed by atoms with van der Waals surface area (Å²) in [6.45, 7) is 4.91. The lowest BCUT2D eigenvalue weighted by Crippen LogP contribution is -2.01. The third-order valence-electron chi connectivity index (χ3n) is 2.53. The molecule has 0 aliphatic rings. The van der Waals surface area contributed by atoms with E-state index in [9.17, 15) is 0 Å². The molecule has 0 radical (unpaired) electrons. The number of benzene rings is 1. The van der Waals surface area contributed by atoms with Crippen LogP contribution >= 0.6 is 38.9 Å². The summed E-state index contributed by atoms with van der Waals surface area (Å²) in [7, 11) is 0. The van der Waals surface area contributed by atoms with Crippen LogP contribution in [0.2, 0.25) is 0 Å². The monoisotopic (exact) mass is 375 g/mol. The van der Waals surface area contributed by atoms with E-state index in [4.69, 9.17) is 21.1 Å². The Labute approximate surface area is 136 Å². The van der Waals surface area contributed by atoms with Crippen molar-refractivity contribution in [2.24, 2.45) is 0 Å². The van der Waals surface area contributed by atoms with Crippen LogP contribution in [0.1, 0.15) is 23.2 Å². The maximum absolute atomic E-state index is 5.87. The summed E-state index contributed by atoms with van der Waals surface area (Å²) in [6.07, 6.45) is 0. The lowest BCUT2D eigenvalue weighted by Gasteiger charge is -2.14. The zero-order valence-electron chi connectivity index (χ0n) is 11.3. The highest BCUT2D eigenvalue weighted by Crippen LogP contribution is 2.38. The number of alkyl halides is 1. The normalized spacial score (nSPS) is 10.6. The van der Waals surface area contributed by atoms with Gasteiger partial charge < -0.3 is 9.47 Å². The Bertz CT molecular complexity index is 589. The van der Waals surface area contributed by atoms with Crippen molar-refractivity contribution in [1.82, 2.24) is 4.98 Å². The first-order valence-electron chi connectivity index (χ1n) is 6.19. The van der Waals surface area contributed by atoms with E-state index in [0.717, 1.165) is 20.7 Å². The smallest absolute Gasteiger partial charge is 0.175 e. The predicted octanol–water partition coefficient (Wildman–Crippen LogP) is 4.93. The van der Waals surface area contributed by atoms with Crippen molar-refractivity contribution in [2.45, 2.75) is 26.3 Å². The van der Waals surface area contributed by atoms with Crippen molar-refractivity contribution < 1.29 is 9.47 Å². The lowest BCUT2D eigenvalue weighted by molar-refractivity contribution is 0.267. The second-order valence-corrected chi connectivity index (χ2v) is 6.21. The Hall–Kier alpha value is -0.780. The van der Waals surface area contributed by atoms with Gasteiger partial charge in [-0.1, -0.05) is 0 Å². The molecule has 20 heavy (non-hydrogen) atoms. The number of thiazole rings is 1. The van der Waals surface area contributed by atoms with E-state index in [1.807, 2.05) is 31.4 Å². The molecule has 1 aromatic carbocycles. The van der Waals surface area contributed by atoms with E-state index in [2.05, 4.69) is 20.9 Å². The minimum absolute atomic E-state index is 0.428. The van der Waals surface area contributed by atoms with Gasteiger partial charge in [0.25, 0.3) is 0 Å². The molecule has 0 unspecified atom stereocenters. The number of hydrogen-bond acceptors (Lipinski definition) is 4. The zero-order valence-corrected chi connectivity index (χ0v) is 14.4. The summed E-state index contributed by atoms with van der Waals surface area (Å²) in [6, 6.07) is 3.85. The van der Waals surface area contributed by atoms with Crippen molar-refractivity contribution in [3.8, 4) is 11.5 Å². The van der Waals surface area contributed by atoms with Crippen LogP contribution in [0.3, 0.4) is 0 Å². The maximum atomic E-state index is 5.87. The summed E-state index contributed by atoms with van der Waals surface area (Å²) in [4.78, 5) is 4.38. The molecule has 0 saturated heterocycles. The fourth-order valence-electron chi connectivity index (χ4n) is 1.70. The Kier molecular flexibility index (Phi) is 5.69. The van der Waals surface area contributed by atoms with Crippen molar-refractivity contribution in [3.05, 3.63) is 38.3 Å². The molecule has 0 atom stereocenters. The van der Waals surface area contributed by atoms with Gasteiger partial charge in [-0.3, -0.25) is 0 Å². The number of halogens is 2. The average molecular weight is 377 g/mol. The number of nitrogens with zero attached hydrogens (tertiary/aromatic N) is 1. The fourth-order valence-corrected chi connectivity index (χ4v) is 3.15. The molecule has 0 bridgehead atoms. The van der Waals surface area contributed by atoms with Gasteiger partial charge >= 0.3 is 0 Å². The summed E-state index contributed by atoms with van der Waals surface area (Å²) >= 11 is 11.0. The van der Waals surface area contributed by atoms with Crippen LogP contribution < -0.4 is 9.47 Å². The lowest BCUT2D eigenvalue weighted by atomic mass is 10.2. The van der Waals surface area contributed by atoms with E-state index < -0.39 is 0 Å². The second-order valence-electron chi connectivity index (χ2n) is 4.14. The highest BCUT2D eigenvalue weighted by molar-refractivity contribution is 9.10. The van der Waals surface area contributed by atoms with Crippen LogP contribution in [0.25, 0.3) is 0 Å². The third-order valence-corrected chi connectivity index (χ3v) is 4.37. The summed E-state index contributed by atoms with van der Waals surface area (Å²) in [5.41, 5.74) is 2.00. The summed E-state index contributed by atoms with van der Waals surface area (Å²) in [5, 5.41) is 2.95. The van der Waals surface area contributed by atoms with Gasteiger partial charge in [0, 0.05) is 17.0 Å². The molecule has 0 amide bonds. The van der Waals surface area contributed by atoms with E-state index >= 15 is 0 Å². The molecule has 0 aliphatic carbocycles. The second kappa shape index (κ2) is 7.29. The quantitative estimate of drug-likeness (QED) is 0.670. The van der Waals surface area contributed by atoms with Gasteiger partial charge in [0.15, 0.2) is 11.5 Å². The SMILES string of the molecule is CCOc1cc(CCl)cc(Br)c1OCc1nc(C)cs1. The van der Waals surface area contributed by atoms with Gasteiger partial charge in [0.2, 0.25) is 0 Å². The molecule has 2 aromatic rings. The zero-order chi connectivity index (χ0) is 14.5. The van der Waals surface area contributed by atoms with E-state index in [0.29, 0.717) is 30.6 Å². The molecular weight excluding hydrogens is 362 g/mol. The van der Waals surface area contributed by atoms with Gasteiger partial charge in [-0.25, -0.2) is 4.98 Å². The van der Waals surface area contributed by atoms with Crippen LogP contribution in [0.15, 0.2) is 22.0 Å². The Morgan fingerprint density at radius 3 is 2.75 bits per heavy atom. The van der Waals surface area contributed by atoms with Crippen molar-refractivity contribution in [1.29, 1.82) is 0 Å². The van der Waals surface area contributed by atoms with Crippen molar-refractivity contribution in [2.75, 3.05) is 6.61 Å². The number of aryl methyl sites for hydroxylation is 1. The standard InChI is InChI=1S/C14H15BrClNO2S/c1-3-18-12-5-10(6-16)4-11(15)14(12)19-7-13-17-9(2)8-20-13/h4-5,8H,3,6-7H2,1-2H3. The Morgan fingerprint density at radius 1 is 1.35 bits per heavy atom. The molecular formula is C14H15BrClNO2S. The predicted molar refractivity (Wildman–Crippen MR) is 86.1 cm³/mol. The number of ether oxygens (including phenoxy) is 2. The summed E-state index contributed by atoms with van der Waals surface area (Å²) < 4.78 is 12.3. The van der Waals surface area contributed by atoms with Gasteiger partial charge in [-0.05, 0) is 47.5 Å². The minimum Gasteiger partial charge on any atom is -0.490 e. The Balaban J connectivity index is 2.20.